The maximum Gasteiger partial charge on any atom is 0.315 e. The highest BCUT2D eigenvalue weighted by Gasteiger charge is 2.24. The lowest BCUT2D eigenvalue weighted by molar-refractivity contribution is 0.197. The minimum Gasteiger partial charge on any atom is -0.396 e. The fraction of sp³-hybridized carbons (Fsp3) is 0.824. The Morgan fingerprint density at radius 1 is 1.25 bits per heavy atom. The van der Waals surface area contributed by atoms with Crippen LogP contribution < -0.4 is 10.6 Å². The smallest absolute Gasteiger partial charge is 0.315 e. The number of amides is 2. The molecule has 1 atom stereocenters. The third kappa shape index (κ3) is 4.26. The lowest BCUT2D eigenvalue weighted by Gasteiger charge is -2.30. The van der Waals surface area contributed by atoms with Crippen LogP contribution in [0.15, 0.2) is 0 Å². The van der Waals surface area contributed by atoms with Crippen LogP contribution in [0.2, 0.25) is 0 Å². The van der Waals surface area contributed by atoms with Gasteiger partial charge in [-0.1, -0.05) is 19.3 Å². The first-order valence-corrected chi connectivity index (χ1v) is 9.34. The highest BCUT2D eigenvalue weighted by molar-refractivity contribution is 5.74. The SMILES string of the molecule is O=C(NCCc1nnc2n1CCC2)NC(CCO)C1CCCCC1. The second kappa shape index (κ2) is 8.46. The van der Waals surface area contributed by atoms with Crippen molar-refractivity contribution >= 4 is 6.03 Å². The van der Waals surface area contributed by atoms with Crippen LogP contribution in [-0.4, -0.2) is 45.1 Å². The van der Waals surface area contributed by atoms with E-state index < -0.39 is 0 Å². The van der Waals surface area contributed by atoms with Crippen LogP contribution in [0.3, 0.4) is 0 Å². The van der Waals surface area contributed by atoms with Crippen molar-refractivity contribution in [1.29, 1.82) is 0 Å². The summed E-state index contributed by atoms with van der Waals surface area (Å²) in [6, 6.07) is -0.0622. The predicted octanol–water partition coefficient (Wildman–Crippen LogP) is 1.40. The molecule has 7 nitrogen and oxygen atoms in total. The van der Waals surface area contributed by atoms with Crippen LogP contribution in [0, 0.1) is 5.92 Å². The summed E-state index contributed by atoms with van der Waals surface area (Å²) >= 11 is 0. The number of carbonyl (C=O) groups excluding carboxylic acids is 1. The quantitative estimate of drug-likeness (QED) is 0.702. The predicted molar refractivity (Wildman–Crippen MR) is 90.6 cm³/mol. The van der Waals surface area contributed by atoms with Crippen LogP contribution in [0.25, 0.3) is 0 Å². The molecule has 2 aliphatic rings. The van der Waals surface area contributed by atoms with Crippen molar-refractivity contribution in [2.45, 2.75) is 70.4 Å². The van der Waals surface area contributed by atoms with E-state index in [1.807, 2.05) is 0 Å². The van der Waals surface area contributed by atoms with Gasteiger partial charge >= 0.3 is 6.03 Å². The molecule has 0 spiro atoms. The number of fused-ring (bicyclic) bond motifs is 1. The standard InChI is InChI=1S/C17H29N5O2/c23-12-9-14(13-5-2-1-3-6-13)19-17(24)18-10-8-16-21-20-15-7-4-11-22(15)16/h13-14,23H,1-12H2,(H2,18,19,24). The summed E-state index contributed by atoms with van der Waals surface area (Å²) in [6.45, 7) is 1.66. The Labute approximate surface area is 143 Å². The van der Waals surface area contributed by atoms with Gasteiger partial charge in [0.25, 0.3) is 0 Å². The summed E-state index contributed by atoms with van der Waals surface area (Å²) in [5.74, 6) is 2.52. The maximum atomic E-state index is 12.2. The molecule has 1 aliphatic heterocycles. The van der Waals surface area contributed by atoms with Gasteiger partial charge in [-0.3, -0.25) is 0 Å². The molecule has 134 valence electrons. The molecule has 24 heavy (non-hydrogen) atoms. The number of carbonyl (C=O) groups is 1. The fourth-order valence-electron chi connectivity index (χ4n) is 4.00. The third-order valence-electron chi connectivity index (χ3n) is 5.30. The van der Waals surface area contributed by atoms with Crippen LogP contribution in [-0.2, 0) is 19.4 Å². The van der Waals surface area contributed by atoms with E-state index in [0.29, 0.717) is 25.3 Å². The van der Waals surface area contributed by atoms with Gasteiger partial charge in [-0.25, -0.2) is 4.79 Å². The Morgan fingerprint density at radius 2 is 2.08 bits per heavy atom. The number of nitrogens with one attached hydrogen (secondary N) is 2. The zero-order valence-corrected chi connectivity index (χ0v) is 14.3. The van der Waals surface area contributed by atoms with Crippen molar-refractivity contribution in [2.24, 2.45) is 5.92 Å². The van der Waals surface area contributed by atoms with Gasteiger partial charge in [-0.05, 0) is 31.6 Å². The second-order valence-corrected chi connectivity index (χ2v) is 6.95. The third-order valence-corrected chi connectivity index (χ3v) is 5.30. The van der Waals surface area contributed by atoms with Crippen molar-refractivity contribution in [3.8, 4) is 0 Å². The Hall–Kier alpha value is -1.63. The van der Waals surface area contributed by atoms with Gasteiger partial charge in [0.1, 0.15) is 11.6 Å². The molecule has 1 aliphatic carbocycles. The van der Waals surface area contributed by atoms with Gasteiger partial charge < -0.3 is 20.3 Å². The number of aliphatic hydroxyl groups excluding tert-OH is 1. The van der Waals surface area contributed by atoms with E-state index in [-0.39, 0.29) is 18.7 Å². The summed E-state index contributed by atoms with van der Waals surface area (Å²) < 4.78 is 2.16. The molecule has 0 bridgehead atoms. The lowest BCUT2D eigenvalue weighted by atomic mass is 9.83. The second-order valence-electron chi connectivity index (χ2n) is 6.95. The normalized spacial score (nSPS) is 19.0. The molecule has 1 aromatic rings. The monoisotopic (exact) mass is 335 g/mol. The van der Waals surface area contributed by atoms with E-state index in [9.17, 15) is 9.90 Å². The molecular weight excluding hydrogens is 306 g/mol. The summed E-state index contributed by atoms with van der Waals surface area (Å²) in [5, 5.41) is 23.7. The van der Waals surface area contributed by atoms with Crippen molar-refractivity contribution < 1.29 is 9.90 Å². The molecule has 0 saturated heterocycles. The van der Waals surface area contributed by atoms with Crippen LogP contribution in [0.5, 0.6) is 0 Å². The number of hydrogen-bond donors (Lipinski definition) is 3. The van der Waals surface area contributed by atoms with Crippen LogP contribution in [0.4, 0.5) is 4.79 Å². The van der Waals surface area contributed by atoms with Crippen molar-refractivity contribution in [1.82, 2.24) is 25.4 Å². The number of urea groups is 1. The van der Waals surface area contributed by atoms with E-state index >= 15 is 0 Å². The number of aliphatic hydroxyl groups is 1. The number of hydrogen-bond acceptors (Lipinski definition) is 4. The summed E-state index contributed by atoms with van der Waals surface area (Å²) in [5.41, 5.74) is 0. The molecule has 3 N–H and O–H groups in total. The number of rotatable bonds is 7. The number of nitrogens with zero attached hydrogens (tertiary/aromatic N) is 3. The van der Waals surface area contributed by atoms with Gasteiger partial charge in [-0.2, -0.15) is 0 Å². The van der Waals surface area contributed by atoms with E-state index in [0.717, 1.165) is 43.9 Å². The Balaban J connectivity index is 1.43. The zero-order valence-electron chi connectivity index (χ0n) is 14.3. The van der Waals surface area contributed by atoms with E-state index in [1.165, 1.54) is 19.3 Å². The molecule has 2 amide bonds. The first-order chi connectivity index (χ1) is 11.8. The largest absolute Gasteiger partial charge is 0.396 e. The molecular formula is C17H29N5O2. The Bertz CT molecular complexity index is 539. The number of aromatic nitrogens is 3. The van der Waals surface area contributed by atoms with Crippen molar-refractivity contribution in [3.63, 3.8) is 0 Å². The van der Waals surface area contributed by atoms with Gasteiger partial charge in [0, 0.05) is 38.6 Å². The molecule has 1 saturated carbocycles. The average Bonchev–Trinajstić information content (AvgIpc) is 3.20. The first kappa shape index (κ1) is 17.2. The molecule has 1 aromatic heterocycles. The summed E-state index contributed by atoms with van der Waals surface area (Å²) in [7, 11) is 0. The van der Waals surface area contributed by atoms with Crippen molar-refractivity contribution in [3.05, 3.63) is 11.6 Å². The highest BCUT2D eigenvalue weighted by Crippen LogP contribution is 2.27. The fourth-order valence-corrected chi connectivity index (χ4v) is 4.00. The van der Waals surface area contributed by atoms with Gasteiger partial charge in [0.05, 0.1) is 0 Å². The molecule has 0 aromatic carbocycles. The van der Waals surface area contributed by atoms with Crippen molar-refractivity contribution in [2.75, 3.05) is 13.2 Å². The van der Waals surface area contributed by atoms with Crippen LogP contribution >= 0.6 is 0 Å². The van der Waals surface area contributed by atoms with Gasteiger partial charge in [0.15, 0.2) is 0 Å². The topological polar surface area (TPSA) is 92.1 Å². The minimum absolute atomic E-state index is 0.0765. The van der Waals surface area contributed by atoms with Crippen LogP contribution in [0.1, 0.15) is 56.6 Å². The van der Waals surface area contributed by atoms with Gasteiger partial charge in [0.2, 0.25) is 0 Å². The summed E-state index contributed by atoms with van der Waals surface area (Å²) in [4.78, 5) is 12.2. The Kier molecular flexibility index (Phi) is 6.07. The Morgan fingerprint density at radius 3 is 2.88 bits per heavy atom. The maximum absolute atomic E-state index is 12.2. The molecule has 7 heteroatoms. The molecule has 3 rings (SSSR count). The highest BCUT2D eigenvalue weighted by atomic mass is 16.3. The zero-order chi connectivity index (χ0) is 16.8. The summed E-state index contributed by atoms with van der Waals surface area (Å²) in [6.07, 6.45) is 9.53. The van der Waals surface area contributed by atoms with E-state index in [2.05, 4.69) is 25.4 Å². The molecule has 1 unspecified atom stereocenters. The molecule has 2 heterocycles. The average molecular weight is 335 g/mol. The minimum atomic E-state index is -0.139. The first-order valence-electron chi connectivity index (χ1n) is 9.34. The lowest BCUT2D eigenvalue weighted by Crippen LogP contribution is -2.47. The van der Waals surface area contributed by atoms with E-state index in [1.54, 1.807) is 0 Å². The molecule has 1 fully saturated rings. The molecule has 0 radical (unpaired) electrons. The van der Waals surface area contributed by atoms with Gasteiger partial charge in [-0.15, -0.1) is 10.2 Å². The number of aryl methyl sites for hydroxylation is 1. The van der Waals surface area contributed by atoms with E-state index in [4.69, 9.17) is 0 Å².